The summed E-state index contributed by atoms with van der Waals surface area (Å²) < 4.78 is 6.99. The molecule has 0 aliphatic carbocycles. The number of aromatic nitrogens is 5. The van der Waals surface area contributed by atoms with Crippen LogP contribution >= 0.6 is 0 Å². The summed E-state index contributed by atoms with van der Waals surface area (Å²) in [5.41, 5.74) is 5.40. The Hall–Kier alpha value is -4.33. The predicted octanol–water partition coefficient (Wildman–Crippen LogP) is 4.41. The maximum Gasteiger partial charge on any atom is 0.326 e. The number of rotatable bonds is 4. The van der Waals surface area contributed by atoms with Crippen molar-refractivity contribution in [2.45, 2.75) is 13.8 Å². The molecule has 0 saturated heterocycles. The highest BCUT2D eigenvalue weighted by atomic mass is 16.5. The first-order valence-corrected chi connectivity index (χ1v) is 10.1. The standard InChI is InChI=1S/C24H20N6O2/c1-14-7-8-17(27-24-28-22(29-32-24)20-6-4-5-9-25-20)12-18(14)19-11-16-13-26-15(2)10-21(16)30(3)23(19)31/h4-13H,1-3H3,(H,27,28,29). The molecule has 0 radical (unpaired) electrons. The molecule has 5 rings (SSSR count). The topological polar surface area (TPSA) is 98.7 Å². The van der Waals surface area contributed by atoms with Crippen LogP contribution in [0.4, 0.5) is 11.7 Å². The van der Waals surface area contributed by atoms with Gasteiger partial charge in [0.25, 0.3) is 5.56 Å². The molecule has 32 heavy (non-hydrogen) atoms. The van der Waals surface area contributed by atoms with E-state index in [0.717, 1.165) is 33.4 Å². The highest BCUT2D eigenvalue weighted by molar-refractivity contribution is 5.85. The van der Waals surface area contributed by atoms with Crippen LogP contribution < -0.4 is 10.9 Å². The number of hydrogen-bond acceptors (Lipinski definition) is 7. The van der Waals surface area contributed by atoms with E-state index in [0.29, 0.717) is 17.1 Å². The molecule has 8 heteroatoms. The minimum absolute atomic E-state index is 0.0708. The minimum atomic E-state index is -0.0708. The van der Waals surface area contributed by atoms with Crippen LogP contribution in [-0.2, 0) is 7.05 Å². The summed E-state index contributed by atoms with van der Waals surface area (Å²) in [6, 6.07) is 15.3. The van der Waals surface area contributed by atoms with Crippen LogP contribution in [0.2, 0.25) is 0 Å². The van der Waals surface area contributed by atoms with Crippen molar-refractivity contribution in [3.63, 3.8) is 0 Å². The molecule has 1 N–H and O–H groups in total. The number of benzene rings is 1. The van der Waals surface area contributed by atoms with E-state index in [9.17, 15) is 4.79 Å². The van der Waals surface area contributed by atoms with Gasteiger partial charge in [0.15, 0.2) is 0 Å². The van der Waals surface area contributed by atoms with Gasteiger partial charge in [-0.15, -0.1) is 0 Å². The summed E-state index contributed by atoms with van der Waals surface area (Å²) in [5.74, 6) is 0.395. The van der Waals surface area contributed by atoms with Crippen molar-refractivity contribution >= 4 is 22.6 Å². The summed E-state index contributed by atoms with van der Waals surface area (Å²) in [6.07, 6.45) is 3.47. The van der Waals surface area contributed by atoms with Crippen LogP contribution in [0, 0.1) is 13.8 Å². The van der Waals surface area contributed by atoms with E-state index in [-0.39, 0.29) is 11.6 Å². The van der Waals surface area contributed by atoms with E-state index in [1.54, 1.807) is 24.0 Å². The van der Waals surface area contributed by atoms with Gasteiger partial charge in [0.2, 0.25) is 5.82 Å². The Kier molecular flexibility index (Phi) is 4.74. The number of pyridine rings is 3. The molecule has 0 aliphatic heterocycles. The van der Waals surface area contributed by atoms with Crippen molar-refractivity contribution in [1.29, 1.82) is 0 Å². The Bertz CT molecular complexity index is 1500. The largest absolute Gasteiger partial charge is 0.326 e. The number of nitrogens with zero attached hydrogens (tertiary/aromatic N) is 5. The lowest BCUT2D eigenvalue weighted by molar-refractivity contribution is 0.435. The minimum Gasteiger partial charge on any atom is -0.315 e. The van der Waals surface area contributed by atoms with Gasteiger partial charge in [-0.25, -0.2) is 0 Å². The van der Waals surface area contributed by atoms with Crippen LogP contribution in [-0.4, -0.2) is 24.7 Å². The van der Waals surface area contributed by atoms with E-state index in [1.165, 1.54) is 0 Å². The normalized spacial score (nSPS) is 11.1. The highest BCUT2D eigenvalue weighted by Gasteiger charge is 2.14. The number of fused-ring (bicyclic) bond motifs is 1. The summed E-state index contributed by atoms with van der Waals surface area (Å²) in [4.78, 5) is 26.1. The summed E-state index contributed by atoms with van der Waals surface area (Å²) in [5, 5.41) is 8.00. The number of hydrogen-bond donors (Lipinski definition) is 1. The third-order valence-corrected chi connectivity index (χ3v) is 5.34. The zero-order chi connectivity index (χ0) is 22.2. The van der Waals surface area contributed by atoms with Gasteiger partial charge in [0.05, 0.1) is 5.52 Å². The molecule has 8 nitrogen and oxygen atoms in total. The van der Waals surface area contributed by atoms with Crippen LogP contribution in [0.1, 0.15) is 11.3 Å². The lowest BCUT2D eigenvalue weighted by atomic mass is 9.99. The molecule has 5 aromatic rings. The molecule has 158 valence electrons. The first-order valence-electron chi connectivity index (χ1n) is 10.1. The Balaban J connectivity index is 1.53. The van der Waals surface area contributed by atoms with Gasteiger partial charge >= 0.3 is 6.01 Å². The Morgan fingerprint density at radius 2 is 1.88 bits per heavy atom. The van der Waals surface area contributed by atoms with Crippen molar-refractivity contribution in [2.75, 3.05) is 5.32 Å². The van der Waals surface area contributed by atoms with Crippen molar-refractivity contribution in [3.8, 4) is 22.6 Å². The fraction of sp³-hybridized carbons (Fsp3) is 0.125. The van der Waals surface area contributed by atoms with Crippen molar-refractivity contribution in [2.24, 2.45) is 7.05 Å². The highest BCUT2D eigenvalue weighted by Crippen LogP contribution is 2.28. The summed E-state index contributed by atoms with van der Waals surface area (Å²) in [7, 11) is 1.78. The van der Waals surface area contributed by atoms with Gasteiger partial charge < -0.3 is 14.4 Å². The molecule has 0 amide bonds. The second-order valence-corrected chi connectivity index (χ2v) is 7.60. The first-order chi connectivity index (χ1) is 15.5. The molecule has 0 saturated carbocycles. The zero-order valence-corrected chi connectivity index (χ0v) is 17.8. The van der Waals surface area contributed by atoms with Gasteiger partial charge in [-0.1, -0.05) is 17.3 Å². The van der Waals surface area contributed by atoms with Crippen LogP contribution in [0.15, 0.2) is 70.2 Å². The molecule has 0 fully saturated rings. The molecule has 0 atom stereocenters. The van der Waals surface area contributed by atoms with Crippen LogP contribution in [0.5, 0.6) is 0 Å². The van der Waals surface area contributed by atoms with Crippen molar-refractivity contribution < 1.29 is 4.52 Å². The van der Waals surface area contributed by atoms with Crippen molar-refractivity contribution in [1.82, 2.24) is 24.7 Å². The maximum absolute atomic E-state index is 13.2. The van der Waals surface area contributed by atoms with Gasteiger partial charge in [0, 0.05) is 41.8 Å². The lowest BCUT2D eigenvalue weighted by Crippen LogP contribution is -2.19. The van der Waals surface area contributed by atoms with Crippen molar-refractivity contribution in [3.05, 3.63) is 82.5 Å². The summed E-state index contributed by atoms with van der Waals surface area (Å²) >= 11 is 0. The second-order valence-electron chi connectivity index (χ2n) is 7.60. The molecule has 0 bridgehead atoms. The molecular formula is C24H20N6O2. The second kappa shape index (κ2) is 7.73. The molecule has 0 unspecified atom stereocenters. The van der Waals surface area contributed by atoms with E-state index in [2.05, 4.69) is 25.4 Å². The van der Waals surface area contributed by atoms with Gasteiger partial charge in [-0.3, -0.25) is 14.8 Å². The Morgan fingerprint density at radius 1 is 1.00 bits per heavy atom. The average molecular weight is 424 g/mol. The molecule has 0 spiro atoms. The fourth-order valence-electron chi connectivity index (χ4n) is 3.64. The van der Waals surface area contributed by atoms with E-state index >= 15 is 0 Å². The number of anilines is 2. The monoisotopic (exact) mass is 424 g/mol. The summed E-state index contributed by atoms with van der Waals surface area (Å²) in [6.45, 7) is 3.88. The van der Waals surface area contributed by atoms with E-state index in [4.69, 9.17) is 4.52 Å². The average Bonchev–Trinajstić information content (AvgIpc) is 3.27. The SMILES string of the molecule is Cc1cc2c(cn1)cc(-c1cc(Nc3nc(-c4ccccn4)no3)ccc1C)c(=O)n2C. The molecule has 0 aliphatic rings. The van der Waals surface area contributed by atoms with Gasteiger partial charge in [0.1, 0.15) is 5.69 Å². The quantitative estimate of drug-likeness (QED) is 0.456. The molecule has 4 heterocycles. The fourth-order valence-corrected chi connectivity index (χ4v) is 3.64. The third-order valence-electron chi connectivity index (χ3n) is 5.34. The first kappa shape index (κ1) is 19.6. The van der Waals surface area contributed by atoms with Gasteiger partial charge in [-0.2, -0.15) is 4.98 Å². The number of nitrogens with one attached hydrogen (secondary N) is 1. The predicted molar refractivity (Wildman–Crippen MR) is 123 cm³/mol. The van der Waals surface area contributed by atoms with Gasteiger partial charge in [-0.05, 0) is 61.4 Å². The Labute approximate surface area is 183 Å². The molecule has 1 aromatic carbocycles. The lowest BCUT2D eigenvalue weighted by Gasteiger charge is -2.12. The third kappa shape index (κ3) is 3.51. The Morgan fingerprint density at radius 3 is 2.69 bits per heavy atom. The number of aryl methyl sites for hydroxylation is 3. The van der Waals surface area contributed by atoms with Crippen LogP contribution in [0.3, 0.4) is 0 Å². The van der Waals surface area contributed by atoms with E-state index in [1.807, 2.05) is 62.4 Å². The molecule has 4 aromatic heterocycles. The smallest absolute Gasteiger partial charge is 0.315 e. The zero-order valence-electron chi connectivity index (χ0n) is 17.8. The van der Waals surface area contributed by atoms with E-state index < -0.39 is 0 Å². The molecular weight excluding hydrogens is 404 g/mol. The maximum atomic E-state index is 13.2. The van der Waals surface area contributed by atoms with Crippen LogP contribution in [0.25, 0.3) is 33.5 Å².